The van der Waals surface area contributed by atoms with Crippen molar-refractivity contribution in [3.05, 3.63) is 35.4 Å². The zero-order valence-corrected chi connectivity index (χ0v) is 16.2. The lowest BCUT2D eigenvalue weighted by atomic mass is 9.81. The molecular weight excluding hydrogens is 271 g/mol. The van der Waals surface area contributed by atoms with E-state index in [1.54, 1.807) is 11.1 Å². The Morgan fingerprint density at radius 2 is 1.10 bits per heavy atom. The van der Waals surface area contributed by atoms with Crippen molar-refractivity contribution in [2.45, 2.75) is 90.9 Å². The van der Waals surface area contributed by atoms with Gasteiger partial charge < -0.3 is 0 Å². The molecule has 0 aliphatic heterocycles. The molecule has 0 N–H and O–H groups in total. The molecule has 1 rings (SSSR count). The molecule has 1 aromatic rings. The van der Waals surface area contributed by atoms with Crippen LogP contribution in [-0.2, 0) is 0 Å². The first-order chi connectivity index (χ1) is 9.78. The van der Waals surface area contributed by atoms with Crippen LogP contribution in [0.4, 0.5) is 0 Å². The summed E-state index contributed by atoms with van der Waals surface area (Å²) in [6.45, 7) is 9.30. The minimum Gasteiger partial charge on any atom is -0.153 e. The molecule has 0 spiro atoms. The maximum Gasteiger partial charge on any atom is -0.0162 e. The smallest absolute Gasteiger partial charge is 0.0162 e. The Morgan fingerprint density at radius 1 is 0.714 bits per heavy atom. The van der Waals surface area contributed by atoms with Crippen molar-refractivity contribution in [3.63, 3.8) is 0 Å². The maximum atomic E-state index is 2.40. The highest BCUT2D eigenvalue weighted by Crippen LogP contribution is 2.35. The number of hydrogen-bond acceptors (Lipinski definition) is 0. The number of hydrogen-bond donors (Lipinski definition) is 0. The zero-order chi connectivity index (χ0) is 14.8. The van der Waals surface area contributed by atoms with E-state index in [2.05, 4.69) is 52.0 Å². The summed E-state index contributed by atoms with van der Waals surface area (Å²) < 4.78 is 0. The molecule has 21 heavy (non-hydrogen) atoms. The Labute approximate surface area is 136 Å². The van der Waals surface area contributed by atoms with Gasteiger partial charge in [-0.05, 0) is 48.6 Å². The van der Waals surface area contributed by atoms with Crippen LogP contribution in [0, 0.1) is 0 Å². The average molecular weight is 308 g/mol. The summed E-state index contributed by atoms with van der Waals surface area (Å²) in [5.74, 6) is 1.53. The summed E-state index contributed by atoms with van der Waals surface area (Å²) in [6.07, 6.45) is 10.6. The topological polar surface area (TPSA) is 0 Å². The Morgan fingerprint density at radius 3 is 1.38 bits per heavy atom. The van der Waals surface area contributed by atoms with Gasteiger partial charge in [0, 0.05) is 0 Å². The summed E-state index contributed by atoms with van der Waals surface area (Å²) in [6, 6.07) is 9.27. The van der Waals surface area contributed by atoms with Crippen molar-refractivity contribution >= 4 is 9.90 Å². The van der Waals surface area contributed by atoms with Gasteiger partial charge in [0.05, 0.1) is 0 Å². The molecule has 3 atom stereocenters. The van der Waals surface area contributed by atoms with E-state index in [0.717, 1.165) is 11.8 Å². The van der Waals surface area contributed by atoms with Gasteiger partial charge in [0.15, 0.2) is 0 Å². The second-order valence-electron chi connectivity index (χ2n) is 6.12. The van der Waals surface area contributed by atoms with Gasteiger partial charge in [-0.2, -0.15) is 9.90 Å². The third-order valence-electron chi connectivity index (χ3n) is 4.67. The van der Waals surface area contributed by atoms with Gasteiger partial charge in [-0.25, -0.2) is 0 Å². The SMILES string of the molecule is CCCCC(CC)c1ccccc1C(CC)CCCC.P. The molecule has 0 aliphatic rings. The summed E-state index contributed by atoms with van der Waals surface area (Å²) in [5.41, 5.74) is 3.29. The van der Waals surface area contributed by atoms with Crippen LogP contribution in [0.25, 0.3) is 0 Å². The van der Waals surface area contributed by atoms with Crippen molar-refractivity contribution in [2.75, 3.05) is 0 Å². The first-order valence-corrected chi connectivity index (χ1v) is 8.87. The fraction of sp³-hybridized carbons (Fsp3) is 0.700. The fourth-order valence-electron chi connectivity index (χ4n) is 3.31. The summed E-state index contributed by atoms with van der Waals surface area (Å²) >= 11 is 0. The molecule has 0 amide bonds. The van der Waals surface area contributed by atoms with E-state index in [1.165, 1.54) is 51.4 Å². The molecule has 0 saturated carbocycles. The van der Waals surface area contributed by atoms with E-state index in [9.17, 15) is 0 Å². The monoisotopic (exact) mass is 308 g/mol. The third-order valence-corrected chi connectivity index (χ3v) is 4.67. The van der Waals surface area contributed by atoms with E-state index >= 15 is 0 Å². The van der Waals surface area contributed by atoms with Crippen molar-refractivity contribution in [1.29, 1.82) is 0 Å². The van der Waals surface area contributed by atoms with Crippen molar-refractivity contribution in [2.24, 2.45) is 0 Å². The normalized spacial score (nSPS) is 13.5. The maximum absolute atomic E-state index is 2.40. The van der Waals surface area contributed by atoms with Crippen LogP contribution < -0.4 is 0 Å². The molecule has 0 fully saturated rings. The lowest BCUT2D eigenvalue weighted by Gasteiger charge is -2.24. The Balaban J connectivity index is 0.00000400. The molecular formula is C20H37P. The van der Waals surface area contributed by atoms with Gasteiger partial charge in [0.2, 0.25) is 0 Å². The highest BCUT2D eigenvalue weighted by Gasteiger charge is 2.18. The van der Waals surface area contributed by atoms with Gasteiger partial charge in [-0.1, -0.05) is 77.6 Å². The highest BCUT2D eigenvalue weighted by atomic mass is 31.0. The predicted molar refractivity (Wildman–Crippen MR) is 103 cm³/mol. The molecule has 0 aliphatic carbocycles. The number of unbranched alkanes of at least 4 members (excludes halogenated alkanes) is 2. The van der Waals surface area contributed by atoms with Crippen LogP contribution in [-0.4, -0.2) is 0 Å². The van der Waals surface area contributed by atoms with Crippen LogP contribution >= 0.6 is 9.90 Å². The van der Waals surface area contributed by atoms with E-state index in [0.29, 0.717) is 0 Å². The molecule has 0 bridgehead atoms. The summed E-state index contributed by atoms with van der Waals surface area (Å²) in [5, 5.41) is 0. The second-order valence-corrected chi connectivity index (χ2v) is 6.12. The van der Waals surface area contributed by atoms with Crippen molar-refractivity contribution in [3.8, 4) is 0 Å². The van der Waals surface area contributed by atoms with Crippen molar-refractivity contribution < 1.29 is 0 Å². The van der Waals surface area contributed by atoms with Crippen LogP contribution in [0.5, 0.6) is 0 Å². The van der Waals surface area contributed by atoms with Crippen LogP contribution in [0.3, 0.4) is 0 Å². The minimum absolute atomic E-state index is 0. The van der Waals surface area contributed by atoms with E-state index in [-0.39, 0.29) is 9.90 Å². The molecule has 0 aromatic heterocycles. The molecule has 0 nitrogen and oxygen atoms in total. The molecule has 1 heteroatoms. The minimum atomic E-state index is 0. The predicted octanol–water partition coefficient (Wildman–Crippen LogP) is 7.11. The van der Waals surface area contributed by atoms with Gasteiger partial charge in [0.25, 0.3) is 0 Å². The van der Waals surface area contributed by atoms with Gasteiger partial charge in [-0.3, -0.25) is 0 Å². The first kappa shape index (κ1) is 20.6. The summed E-state index contributed by atoms with van der Waals surface area (Å²) in [4.78, 5) is 0. The molecule has 3 unspecified atom stereocenters. The lowest BCUT2D eigenvalue weighted by Crippen LogP contribution is -2.07. The lowest BCUT2D eigenvalue weighted by molar-refractivity contribution is 0.533. The quantitative estimate of drug-likeness (QED) is 0.404. The largest absolute Gasteiger partial charge is 0.153 e. The number of benzene rings is 1. The molecule has 0 saturated heterocycles. The van der Waals surface area contributed by atoms with Crippen LogP contribution in [0.2, 0.25) is 0 Å². The van der Waals surface area contributed by atoms with Gasteiger partial charge >= 0.3 is 0 Å². The van der Waals surface area contributed by atoms with E-state index < -0.39 is 0 Å². The zero-order valence-electron chi connectivity index (χ0n) is 14.8. The van der Waals surface area contributed by atoms with Crippen molar-refractivity contribution in [1.82, 2.24) is 0 Å². The first-order valence-electron chi connectivity index (χ1n) is 8.87. The van der Waals surface area contributed by atoms with E-state index in [4.69, 9.17) is 0 Å². The molecule has 0 radical (unpaired) electrons. The molecule has 122 valence electrons. The fourth-order valence-corrected chi connectivity index (χ4v) is 3.31. The highest BCUT2D eigenvalue weighted by molar-refractivity contribution is 6.92. The Hall–Kier alpha value is -0.350. The summed E-state index contributed by atoms with van der Waals surface area (Å²) in [7, 11) is 0. The Bertz CT molecular complexity index is 324. The van der Waals surface area contributed by atoms with Crippen LogP contribution in [0.1, 0.15) is 102 Å². The van der Waals surface area contributed by atoms with Gasteiger partial charge in [0.1, 0.15) is 0 Å². The molecule has 1 aromatic carbocycles. The third kappa shape index (κ3) is 6.52. The number of rotatable bonds is 10. The second kappa shape index (κ2) is 12.2. The standard InChI is InChI=1S/C20H34.H3P/c1-5-9-13-17(7-3)19-15-11-12-16-20(19)18(8-4)14-10-6-2;/h11-12,15-18H,5-10,13-14H2,1-4H3;1H3. The molecule has 0 heterocycles. The Kier molecular flexibility index (Phi) is 12.0. The average Bonchev–Trinajstić information content (AvgIpc) is 2.50. The van der Waals surface area contributed by atoms with Gasteiger partial charge in [-0.15, -0.1) is 0 Å². The van der Waals surface area contributed by atoms with Crippen LogP contribution in [0.15, 0.2) is 24.3 Å². The van der Waals surface area contributed by atoms with E-state index in [1.807, 2.05) is 0 Å².